The molecule has 0 fully saturated rings. The highest BCUT2D eigenvalue weighted by molar-refractivity contribution is 5.99. The molecule has 0 radical (unpaired) electrons. The van der Waals surface area contributed by atoms with Crippen LogP contribution in [-0.4, -0.2) is 72.5 Å². The number of guanidine groups is 2. The van der Waals surface area contributed by atoms with E-state index in [1.807, 2.05) is 37.9 Å². The van der Waals surface area contributed by atoms with Gasteiger partial charge in [0.15, 0.2) is 0 Å². The quantitative estimate of drug-likeness (QED) is 0.914. The highest BCUT2D eigenvalue weighted by Gasteiger charge is 2.23. The topological polar surface area (TPSA) is 50.2 Å². The molecule has 1 N–H and O–H groups in total. The van der Waals surface area contributed by atoms with Crippen LogP contribution in [0.15, 0.2) is 22.1 Å². The van der Waals surface area contributed by atoms with Crippen molar-refractivity contribution in [1.82, 2.24) is 19.7 Å². The Balaban J connectivity index is 2.02. The van der Waals surface area contributed by atoms with Crippen LogP contribution in [0.3, 0.4) is 0 Å². The minimum Gasteiger partial charge on any atom is -0.362 e. The number of aryl methyl sites for hydroxylation is 1. The van der Waals surface area contributed by atoms with Crippen molar-refractivity contribution in [3.63, 3.8) is 0 Å². The van der Waals surface area contributed by atoms with Crippen LogP contribution < -0.4 is 0 Å². The first-order chi connectivity index (χ1) is 9.88. The van der Waals surface area contributed by atoms with Gasteiger partial charge in [0.05, 0.1) is 0 Å². The van der Waals surface area contributed by atoms with Gasteiger partial charge in [-0.05, 0) is 26.0 Å². The van der Waals surface area contributed by atoms with E-state index in [9.17, 15) is 0 Å². The van der Waals surface area contributed by atoms with E-state index < -0.39 is 0 Å². The molecule has 0 bridgehead atoms. The average Bonchev–Trinajstić information content (AvgIpc) is 2.83. The number of aliphatic imine (C=N–C) groups is 2. The molecule has 1 aliphatic heterocycles. The molecule has 1 atom stereocenters. The molecule has 0 saturated carbocycles. The van der Waals surface area contributed by atoms with E-state index in [2.05, 4.69) is 46.0 Å². The summed E-state index contributed by atoms with van der Waals surface area (Å²) >= 11 is 0. The summed E-state index contributed by atoms with van der Waals surface area (Å²) in [5, 5.41) is 0. The predicted octanol–water partition coefficient (Wildman–Crippen LogP) is 1.36. The molecule has 0 aliphatic carbocycles. The Hall–Kier alpha value is -1.98. The molecule has 1 aromatic rings. The molecule has 21 heavy (non-hydrogen) atoms. The lowest BCUT2D eigenvalue weighted by molar-refractivity contribution is 0.410. The Morgan fingerprint density at radius 1 is 1.19 bits per heavy atom. The molecule has 0 amide bonds. The van der Waals surface area contributed by atoms with Gasteiger partial charge in [-0.15, -0.1) is 0 Å². The normalized spacial score (nSPS) is 18.4. The number of nitrogens with zero attached hydrogens (tertiary/aromatic N) is 5. The van der Waals surface area contributed by atoms with E-state index in [4.69, 9.17) is 0 Å². The fourth-order valence-corrected chi connectivity index (χ4v) is 2.49. The maximum atomic E-state index is 4.66. The summed E-state index contributed by atoms with van der Waals surface area (Å²) in [4.78, 5) is 18.8. The van der Waals surface area contributed by atoms with Gasteiger partial charge in [-0.1, -0.05) is 0 Å². The van der Waals surface area contributed by atoms with Crippen LogP contribution in [0.2, 0.25) is 0 Å². The molecule has 2 heterocycles. The third-order valence-corrected chi connectivity index (χ3v) is 3.55. The number of aromatic amines is 1. The first-order valence-electron chi connectivity index (χ1n) is 7.30. The van der Waals surface area contributed by atoms with Crippen LogP contribution in [-0.2, 0) is 6.42 Å². The minimum absolute atomic E-state index is 0.0382. The first-order valence-corrected chi connectivity index (χ1v) is 7.30. The standard InChI is InChI=1S/C15H26N6/c1-11-7-8-13(16-11)9-10-20(5)15-18-12(2)17-14(19(3)4)21(15)6/h7-8,12,16H,9-10H2,1-6H3. The van der Waals surface area contributed by atoms with Crippen LogP contribution >= 0.6 is 0 Å². The van der Waals surface area contributed by atoms with Gasteiger partial charge < -0.3 is 14.8 Å². The molecule has 0 saturated heterocycles. The number of rotatable bonds is 3. The summed E-state index contributed by atoms with van der Waals surface area (Å²) < 4.78 is 0. The summed E-state index contributed by atoms with van der Waals surface area (Å²) in [7, 11) is 8.11. The molecule has 6 nitrogen and oxygen atoms in total. The third kappa shape index (κ3) is 3.56. The van der Waals surface area contributed by atoms with E-state index in [1.54, 1.807) is 0 Å². The van der Waals surface area contributed by atoms with E-state index in [0.717, 1.165) is 24.9 Å². The Morgan fingerprint density at radius 2 is 1.86 bits per heavy atom. The first kappa shape index (κ1) is 15.4. The van der Waals surface area contributed by atoms with Crippen molar-refractivity contribution in [2.24, 2.45) is 9.98 Å². The van der Waals surface area contributed by atoms with Crippen molar-refractivity contribution in [1.29, 1.82) is 0 Å². The van der Waals surface area contributed by atoms with Gasteiger partial charge >= 0.3 is 0 Å². The van der Waals surface area contributed by atoms with Gasteiger partial charge in [-0.2, -0.15) is 0 Å². The maximum absolute atomic E-state index is 4.66. The van der Waals surface area contributed by atoms with Crippen LogP contribution in [0.1, 0.15) is 18.3 Å². The molecule has 1 aliphatic rings. The molecule has 2 rings (SSSR count). The summed E-state index contributed by atoms with van der Waals surface area (Å²) in [5.74, 6) is 1.90. The lowest BCUT2D eigenvalue weighted by Gasteiger charge is -2.35. The van der Waals surface area contributed by atoms with Gasteiger partial charge in [0, 0.05) is 52.5 Å². The van der Waals surface area contributed by atoms with E-state index in [0.29, 0.717) is 0 Å². The molecule has 0 spiro atoms. The van der Waals surface area contributed by atoms with Crippen LogP contribution in [0, 0.1) is 6.92 Å². The minimum atomic E-state index is -0.0382. The zero-order valence-corrected chi connectivity index (χ0v) is 13.9. The monoisotopic (exact) mass is 290 g/mol. The van der Waals surface area contributed by atoms with Gasteiger partial charge in [0.2, 0.25) is 11.9 Å². The largest absolute Gasteiger partial charge is 0.362 e. The van der Waals surface area contributed by atoms with Crippen LogP contribution in [0.5, 0.6) is 0 Å². The number of nitrogens with one attached hydrogen (secondary N) is 1. The average molecular weight is 290 g/mol. The second-order valence-corrected chi connectivity index (χ2v) is 5.78. The summed E-state index contributed by atoms with van der Waals surface area (Å²) in [6.07, 6.45) is 0.934. The lowest BCUT2D eigenvalue weighted by Crippen LogP contribution is -2.51. The molecule has 1 aromatic heterocycles. The van der Waals surface area contributed by atoms with Crippen molar-refractivity contribution < 1.29 is 0 Å². The number of likely N-dealkylation sites (N-methyl/N-ethyl adjacent to an activating group) is 1. The van der Waals surface area contributed by atoms with E-state index >= 15 is 0 Å². The van der Waals surface area contributed by atoms with Gasteiger partial charge in [0.1, 0.15) is 6.17 Å². The fraction of sp³-hybridized carbons (Fsp3) is 0.600. The van der Waals surface area contributed by atoms with Gasteiger partial charge in [-0.3, -0.25) is 4.90 Å². The lowest BCUT2D eigenvalue weighted by atomic mass is 10.3. The van der Waals surface area contributed by atoms with Crippen LogP contribution in [0.25, 0.3) is 0 Å². The van der Waals surface area contributed by atoms with E-state index in [1.165, 1.54) is 11.4 Å². The number of hydrogen-bond donors (Lipinski definition) is 1. The van der Waals surface area contributed by atoms with Crippen molar-refractivity contribution >= 4 is 11.9 Å². The Bertz CT molecular complexity index is 542. The molecular weight excluding hydrogens is 264 g/mol. The van der Waals surface area contributed by atoms with E-state index in [-0.39, 0.29) is 6.17 Å². The van der Waals surface area contributed by atoms with Gasteiger partial charge in [-0.25, -0.2) is 9.98 Å². The summed E-state index contributed by atoms with van der Waals surface area (Å²) in [5.41, 5.74) is 2.46. The summed E-state index contributed by atoms with van der Waals surface area (Å²) in [6.45, 7) is 5.00. The molecule has 0 aromatic carbocycles. The molecule has 1 unspecified atom stereocenters. The smallest absolute Gasteiger partial charge is 0.205 e. The number of hydrogen-bond acceptors (Lipinski definition) is 5. The third-order valence-electron chi connectivity index (χ3n) is 3.55. The second-order valence-electron chi connectivity index (χ2n) is 5.78. The van der Waals surface area contributed by atoms with Gasteiger partial charge in [0.25, 0.3) is 0 Å². The molecule has 116 valence electrons. The highest BCUT2D eigenvalue weighted by atomic mass is 15.5. The molecule has 6 heteroatoms. The Kier molecular flexibility index (Phi) is 4.55. The summed E-state index contributed by atoms with van der Waals surface area (Å²) in [6, 6.07) is 4.25. The Labute approximate surface area is 127 Å². The van der Waals surface area contributed by atoms with Crippen molar-refractivity contribution in [2.45, 2.75) is 26.4 Å². The predicted molar refractivity (Wildman–Crippen MR) is 87.6 cm³/mol. The highest BCUT2D eigenvalue weighted by Crippen LogP contribution is 2.11. The number of aromatic nitrogens is 1. The molecular formula is C15H26N6. The van der Waals surface area contributed by atoms with Crippen molar-refractivity contribution in [3.8, 4) is 0 Å². The fourth-order valence-electron chi connectivity index (χ4n) is 2.49. The maximum Gasteiger partial charge on any atom is 0.205 e. The number of H-pyrrole nitrogens is 1. The zero-order chi connectivity index (χ0) is 15.6. The van der Waals surface area contributed by atoms with Crippen molar-refractivity contribution in [3.05, 3.63) is 23.5 Å². The SMILES string of the molecule is Cc1ccc(CCN(C)C2=NC(C)N=C(N(C)C)N2C)[nH]1. The van der Waals surface area contributed by atoms with Crippen molar-refractivity contribution in [2.75, 3.05) is 34.7 Å². The zero-order valence-electron chi connectivity index (χ0n) is 13.9. The second kappa shape index (κ2) is 6.20. The van der Waals surface area contributed by atoms with Crippen LogP contribution in [0.4, 0.5) is 0 Å². The Morgan fingerprint density at radius 3 is 2.43 bits per heavy atom.